The summed E-state index contributed by atoms with van der Waals surface area (Å²) >= 11 is 5.86. The first-order valence-electron chi connectivity index (χ1n) is 6.46. The predicted molar refractivity (Wildman–Crippen MR) is 78.0 cm³/mol. The highest BCUT2D eigenvalue weighted by molar-refractivity contribution is 6.18. The third-order valence-corrected chi connectivity index (χ3v) is 3.24. The average Bonchev–Trinajstić information content (AvgIpc) is 2.40. The summed E-state index contributed by atoms with van der Waals surface area (Å²) in [5, 5.41) is 1.25. The third-order valence-electron chi connectivity index (χ3n) is 3.07. The van der Waals surface area contributed by atoms with Crippen molar-refractivity contribution in [3.05, 3.63) is 42.1 Å². The molecular weight excluding hydrogens is 244 g/mol. The van der Waals surface area contributed by atoms with E-state index in [0.29, 0.717) is 5.88 Å². The van der Waals surface area contributed by atoms with Gasteiger partial charge in [0.15, 0.2) is 0 Å². The normalized spacial score (nSPS) is 11.3. The van der Waals surface area contributed by atoms with Gasteiger partial charge in [0.1, 0.15) is 0 Å². The molecule has 3 heteroatoms. The SMILES string of the molecule is CCCN(CCCl)Cc1ccnc2ccccc12. The van der Waals surface area contributed by atoms with Crippen molar-refractivity contribution in [2.75, 3.05) is 19.0 Å². The molecule has 0 atom stereocenters. The Morgan fingerprint density at radius 1 is 1.17 bits per heavy atom. The van der Waals surface area contributed by atoms with Crippen molar-refractivity contribution >= 4 is 22.5 Å². The Morgan fingerprint density at radius 3 is 2.78 bits per heavy atom. The van der Waals surface area contributed by atoms with Gasteiger partial charge in [0.2, 0.25) is 0 Å². The summed E-state index contributed by atoms with van der Waals surface area (Å²) in [6.45, 7) is 5.17. The van der Waals surface area contributed by atoms with E-state index in [-0.39, 0.29) is 0 Å². The van der Waals surface area contributed by atoms with Crippen molar-refractivity contribution in [2.24, 2.45) is 0 Å². The molecular formula is C15H19ClN2. The fourth-order valence-corrected chi connectivity index (χ4v) is 2.48. The zero-order valence-electron chi connectivity index (χ0n) is 10.8. The first-order chi connectivity index (χ1) is 8.85. The fourth-order valence-electron chi connectivity index (χ4n) is 2.24. The molecule has 0 aliphatic heterocycles. The lowest BCUT2D eigenvalue weighted by Gasteiger charge is -2.21. The number of hydrogen-bond acceptors (Lipinski definition) is 2. The van der Waals surface area contributed by atoms with Crippen LogP contribution in [0.3, 0.4) is 0 Å². The van der Waals surface area contributed by atoms with Crippen molar-refractivity contribution in [3.8, 4) is 0 Å². The number of halogens is 1. The maximum absolute atomic E-state index is 5.86. The van der Waals surface area contributed by atoms with Gasteiger partial charge in [-0.15, -0.1) is 11.6 Å². The number of pyridine rings is 1. The maximum atomic E-state index is 5.86. The zero-order chi connectivity index (χ0) is 12.8. The van der Waals surface area contributed by atoms with E-state index in [1.807, 2.05) is 12.3 Å². The summed E-state index contributed by atoms with van der Waals surface area (Å²) in [5.41, 5.74) is 2.40. The van der Waals surface area contributed by atoms with E-state index in [1.54, 1.807) is 0 Å². The van der Waals surface area contributed by atoms with Crippen LogP contribution in [0.5, 0.6) is 0 Å². The van der Waals surface area contributed by atoms with Crippen LogP contribution < -0.4 is 0 Å². The molecule has 2 nitrogen and oxygen atoms in total. The van der Waals surface area contributed by atoms with Gasteiger partial charge in [-0.05, 0) is 30.7 Å². The maximum Gasteiger partial charge on any atom is 0.0705 e. The predicted octanol–water partition coefficient (Wildman–Crippen LogP) is 3.69. The van der Waals surface area contributed by atoms with Gasteiger partial charge in [-0.3, -0.25) is 9.88 Å². The number of hydrogen-bond donors (Lipinski definition) is 0. The Bertz CT molecular complexity index is 487. The molecule has 1 aromatic carbocycles. The first-order valence-corrected chi connectivity index (χ1v) is 6.99. The Morgan fingerprint density at radius 2 is 2.00 bits per heavy atom. The second kappa shape index (κ2) is 6.72. The Hall–Kier alpha value is -1.12. The number of alkyl halides is 1. The molecule has 96 valence electrons. The average molecular weight is 263 g/mol. The molecule has 0 aliphatic carbocycles. The van der Waals surface area contributed by atoms with E-state index in [0.717, 1.165) is 31.6 Å². The number of benzene rings is 1. The quantitative estimate of drug-likeness (QED) is 0.738. The summed E-state index contributed by atoms with van der Waals surface area (Å²) in [4.78, 5) is 6.79. The molecule has 0 amide bonds. The van der Waals surface area contributed by atoms with Crippen LogP contribution >= 0.6 is 11.6 Å². The van der Waals surface area contributed by atoms with E-state index < -0.39 is 0 Å². The lowest BCUT2D eigenvalue weighted by molar-refractivity contribution is 0.283. The van der Waals surface area contributed by atoms with Gasteiger partial charge in [0.25, 0.3) is 0 Å². The smallest absolute Gasteiger partial charge is 0.0705 e. The highest BCUT2D eigenvalue weighted by Gasteiger charge is 2.07. The summed E-state index contributed by atoms with van der Waals surface area (Å²) in [7, 11) is 0. The molecule has 2 rings (SSSR count). The van der Waals surface area contributed by atoms with Crippen molar-refractivity contribution in [1.82, 2.24) is 9.88 Å². The zero-order valence-corrected chi connectivity index (χ0v) is 11.5. The van der Waals surface area contributed by atoms with Crippen molar-refractivity contribution < 1.29 is 0 Å². The van der Waals surface area contributed by atoms with Crippen LogP contribution in [0.1, 0.15) is 18.9 Å². The van der Waals surface area contributed by atoms with E-state index in [9.17, 15) is 0 Å². The number of nitrogens with zero attached hydrogens (tertiary/aromatic N) is 2. The molecule has 0 bridgehead atoms. The molecule has 0 saturated heterocycles. The van der Waals surface area contributed by atoms with E-state index in [2.05, 4.69) is 41.1 Å². The van der Waals surface area contributed by atoms with Crippen LogP contribution in [0.25, 0.3) is 10.9 Å². The highest BCUT2D eigenvalue weighted by Crippen LogP contribution is 2.18. The lowest BCUT2D eigenvalue weighted by atomic mass is 10.1. The van der Waals surface area contributed by atoms with Crippen LogP contribution in [0.4, 0.5) is 0 Å². The molecule has 1 heterocycles. The molecule has 0 unspecified atom stereocenters. The van der Waals surface area contributed by atoms with Crippen LogP contribution in [0.15, 0.2) is 36.5 Å². The minimum absolute atomic E-state index is 0.684. The van der Waals surface area contributed by atoms with Crippen molar-refractivity contribution in [1.29, 1.82) is 0 Å². The minimum atomic E-state index is 0.684. The molecule has 0 N–H and O–H groups in total. The molecule has 1 aromatic heterocycles. The third kappa shape index (κ3) is 3.21. The molecule has 2 aromatic rings. The van der Waals surface area contributed by atoms with Crippen molar-refractivity contribution in [3.63, 3.8) is 0 Å². The Balaban J connectivity index is 2.24. The second-order valence-corrected chi connectivity index (χ2v) is 4.83. The number of para-hydroxylation sites is 1. The van der Waals surface area contributed by atoms with Gasteiger partial charge < -0.3 is 0 Å². The monoisotopic (exact) mass is 262 g/mol. The van der Waals surface area contributed by atoms with Gasteiger partial charge in [-0.1, -0.05) is 25.1 Å². The number of aromatic nitrogens is 1. The van der Waals surface area contributed by atoms with Crippen LogP contribution in [0.2, 0.25) is 0 Å². The van der Waals surface area contributed by atoms with Crippen molar-refractivity contribution in [2.45, 2.75) is 19.9 Å². The molecule has 0 fully saturated rings. The molecule has 0 radical (unpaired) electrons. The van der Waals surface area contributed by atoms with Gasteiger partial charge >= 0.3 is 0 Å². The summed E-state index contributed by atoms with van der Waals surface area (Å²) in [6.07, 6.45) is 3.04. The van der Waals surface area contributed by atoms with Gasteiger partial charge in [0.05, 0.1) is 5.52 Å². The van der Waals surface area contributed by atoms with E-state index in [1.165, 1.54) is 10.9 Å². The standard InChI is InChI=1S/C15H19ClN2/c1-2-10-18(11-8-16)12-13-7-9-17-15-6-4-3-5-14(13)15/h3-7,9H,2,8,10-12H2,1H3. The molecule has 0 spiro atoms. The lowest BCUT2D eigenvalue weighted by Crippen LogP contribution is -2.26. The summed E-state index contributed by atoms with van der Waals surface area (Å²) in [6, 6.07) is 10.4. The molecule has 0 aliphatic rings. The van der Waals surface area contributed by atoms with E-state index >= 15 is 0 Å². The van der Waals surface area contributed by atoms with Crippen LogP contribution in [0, 0.1) is 0 Å². The second-order valence-electron chi connectivity index (χ2n) is 4.45. The number of fused-ring (bicyclic) bond motifs is 1. The van der Waals surface area contributed by atoms with E-state index in [4.69, 9.17) is 11.6 Å². The summed E-state index contributed by atoms with van der Waals surface area (Å²) < 4.78 is 0. The Labute approximate surface area is 114 Å². The van der Waals surface area contributed by atoms with Gasteiger partial charge in [-0.25, -0.2) is 0 Å². The summed E-state index contributed by atoms with van der Waals surface area (Å²) in [5.74, 6) is 0.684. The van der Waals surface area contributed by atoms with Gasteiger partial charge in [0, 0.05) is 30.6 Å². The minimum Gasteiger partial charge on any atom is -0.298 e. The molecule has 0 saturated carbocycles. The number of rotatable bonds is 6. The molecule has 18 heavy (non-hydrogen) atoms. The van der Waals surface area contributed by atoms with Crippen LogP contribution in [-0.4, -0.2) is 28.9 Å². The Kier molecular flexibility index (Phi) is 4.97. The highest BCUT2D eigenvalue weighted by atomic mass is 35.5. The largest absolute Gasteiger partial charge is 0.298 e. The first kappa shape index (κ1) is 13.3. The topological polar surface area (TPSA) is 16.1 Å². The fraction of sp³-hybridized carbons (Fsp3) is 0.400. The van der Waals surface area contributed by atoms with Crippen LogP contribution in [-0.2, 0) is 6.54 Å². The van der Waals surface area contributed by atoms with Gasteiger partial charge in [-0.2, -0.15) is 0 Å².